The topological polar surface area (TPSA) is 70.2 Å². The Labute approximate surface area is 190 Å². The highest BCUT2D eigenvalue weighted by Crippen LogP contribution is 2.21. The molecular weight excluding hydrogens is 426 g/mol. The molecule has 3 rings (SSSR count). The van der Waals surface area contributed by atoms with Crippen molar-refractivity contribution in [3.63, 3.8) is 0 Å². The monoisotopic (exact) mass is 453 g/mol. The Hall–Kier alpha value is -2.90. The summed E-state index contributed by atoms with van der Waals surface area (Å²) in [5, 5.41) is 6.73. The molecule has 0 aliphatic heterocycles. The standard InChI is InChI=1S/C24H27N3O2S2/c1-4-18(3)19-7-9-20(10-8-19)25-24(30)26-21-11-13-22(14-12-21)27-31(28,29)23-15-5-17(2)6-16-23/h5-16,18,27H,4H2,1-3H3,(H2,25,26,30)/t18-/m0/s1. The zero-order valence-corrected chi connectivity index (χ0v) is 19.5. The van der Waals surface area contributed by atoms with E-state index in [1.807, 2.05) is 19.1 Å². The first kappa shape index (κ1) is 22.8. The molecule has 0 heterocycles. The van der Waals surface area contributed by atoms with E-state index in [0.717, 1.165) is 23.4 Å². The first-order chi connectivity index (χ1) is 14.8. The summed E-state index contributed by atoms with van der Waals surface area (Å²) in [7, 11) is -3.63. The Balaban J connectivity index is 1.58. The maximum Gasteiger partial charge on any atom is 0.261 e. The van der Waals surface area contributed by atoms with E-state index >= 15 is 0 Å². The van der Waals surface area contributed by atoms with Crippen molar-refractivity contribution in [1.29, 1.82) is 0 Å². The number of thiocarbonyl (C=S) groups is 1. The van der Waals surface area contributed by atoms with Crippen LogP contribution in [-0.2, 0) is 10.0 Å². The van der Waals surface area contributed by atoms with Crippen LogP contribution in [0, 0.1) is 6.92 Å². The van der Waals surface area contributed by atoms with Crippen LogP contribution in [0.3, 0.4) is 0 Å². The van der Waals surface area contributed by atoms with Gasteiger partial charge < -0.3 is 10.6 Å². The molecule has 0 aliphatic carbocycles. The van der Waals surface area contributed by atoms with Crippen molar-refractivity contribution in [2.75, 3.05) is 15.4 Å². The van der Waals surface area contributed by atoms with Crippen molar-refractivity contribution in [1.82, 2.24) is 0 Å². The molecule has 7 heteroatoms. The van der Waals surface area contributed by atoms with Gasteiger partial charge in [0.1, 0.15) is 0 Å². The minimum absolute atomic E-state index is 0.227. The quantitative estimate of drug-likeness (QED) is 0.376. The molecule has 0 saturated carbocycles. The Bertz CT molecular complexity index is 1120. The van der Waals surface area contributed by atoms with Crippen molar-refractivity contribution in [3.05, 3.63) is 83.9 Å². The Morgan fingerprint density at radius 3 is 1.84 bits per heavy atom. The van der Waals surface area contributed by atoms with Crippen molar-refractivity contribution >= 4 is 44.4 Å². The van der Waals surface area contributed by atoms with Gasteiger partial charge >= 0.3 is 0 Å². The van der Waals surface area contributed by atoms with Gasteiger partial charge in [-0.2, -0.15) is 0 Å². The highest BCUT2D eigenvalue weighted by Gasteiger charge is 2.13. The summed E-state index contributed by atoms with van der Waals surface area (Å²) in [5.74, 6) is 0.529. The second kappa shape index (κ2) is 9.94. The Kier molecular flexibility index (Phi) is 7.30. The van der Waals surface area contributed by atoms with Crippen LogP contribution < -0.4 is 15.4 Å². The molecule has 3 N–H and O–H groups in total. The fourth-order valence-corrected chi connectivity index (χ4v) is 4.27. The van der Waals surface area contributed by atoms with Gasteiger partial charge in [-0.05, 0) is 85.6 Å². The largest absolute Gasteiger partial charge is 0.332 e. The summed E-state index contributed by atoms with van der Waals surface area (Å²) in [6.45, 7) is 6.30. The average molecular weight is 454 g/mol. The molecular formula is C24H27N3O2S2. The van der Waals surface area contributed by atoms with Crippen LogP contribution in [0.5, 0.6) is 0 Å². The molecule has 0 amide bonds. The van der Waals surface area contributed by atoms with Crippen LogP contribution in [0.15, 0.2) is 77.7 Å². The van der Waals surface area contributed by atoms with Gasteiger partial charge in [-0.25, -0.2) is 8.42 Å². The van der Waals surface area contributed by atoms with Gasteiger partial charge in [-0.1, -0.05) is 43.7 Å². The number of benzene rings is 3. The highest BCUT2D eigenvalue weighted by atomic mass is 32.2. The molecule has 1 atom stereocenters. The molecule has 3 aromatic carbocycles. The minimum Gasteiger partial charge on any atom is -0.332 e. The van der Waals surface area contributed by atoms with Gasteiger partial charge in [0, 0.05) is 17.1 Å². The van der Waals surface area contributed by atoms with E-state index in [-0.39, 0.29) is 4.90 Å². The highest BCUT2D eigenvalue weighted by molar-refractivity contribution is 7.92. The van der Waals surface area contributed by atoms with Gasteiger partial charge in [-0.3, -0.25) is 4.72 Å². The number of sulfonamides is 1. The zero-order valence-electron chi connectivity index (χ0n) is 17.8. The number of nitrogens with one attached hydrogen (secondary N) is 3. The molecule has 3 aromatic rings. The van der Waals surface area contributed by atoms with Crippen LogP contribution in [0.1, 0.15) is 37.3 Å². The van der Waals surface area contributed by atoms with Crippen LogP contribution in [0.2, 0.25) is 0 Å². The summed E-state index contributed by atoms with van der Waals surface area (Å²) >= 11 is 5.39. The van der Waals surface area contributed by atoms with Crippen LogP contribution in [-0.4, -0.2) is 13.5 Å². The van der Waals surface area contributed by atoms with Crippen LogP contribution >= 0.6 is 12.2 Å². The number of hydrogen-bond donors (Lipinski definition) is 3. The second-order valence-corrected chi connectivity index (χ2v) is 9.60. The summed E-state index contributed by atoms with van der Waals surface area (Å²) in [5.41, 5.74) is 4.45. The third-order valence-corrected chi connectivity index (χ3v) is 6.68. The lowest BCUT2D eigenvalue weighted by atomic mass is 9.99. The number of rotatable bonds is 7. The second-order valence-electron chi connectivity index (χ2n) is 7.51. The molecule has 0 unspecified atom stereocenters. The van der Waals surface area contributed by atoms with Crippen molar-refractivity contribution in [2.24, 2.45) is 0 Å². The average Bonchev–Trinajstić information content (AvgIpc) is 2.75. The number of aryl methyl sites for hydroxylation is 1. The van der Waals surface area contributed by atoms with E-state index in [1.54, 1.807) is 48.5 Å². The lowest BCUT2D eigenvalue weighted by Crippen LogP contribution is -2.19. The van der Waals surface area contributed by atoms with E-state index in [4.69, 9.17) is 12.2 Å². The summed E-state index contributed by atoms with van der Waals surface area (Å²) in [6.07, 6.45) is 1.10. The third kappa shape index (κ3) is 6.29. The minimum atomic E-state index is -3.63. The maximum atomic E-state index is 12.5. The fraction of sp³-hybridized carbons (Fsp3) is 0.208. The maximum absolute atomic E-state index is 12.5. The predicted octanol–water partition coefficient (Wildman–Crippen LogP) is 6.12. The van der Waals surface area contributed by atoms with Crippen LogP contribution in [0.4, 0.5) is 17.1 Å². The molecule has 5 nitrogen and oxygen atoms in total. The summed E-state index contributed by atoms with van der Waals surface area (Å²) < 4.78 is 27.6. The van der Waals surface area contributed by atoms with E-state index in [1.165, 1.54) is 5.56 Å². The Morgan fingerprint density at radius 2 is 1.32 bits per heavy atom. The third-order valence-electron chi connectivity index (χ3n) is 5.08. The SMILES string of the molecule is CC[C@H](C)c1ccc(NC(=S)Nc2ccc(NS(=O)(=O)c3ccc(C)cc3)cc2)cc1. The molecule has 0 aromatic heterocycles. The van der Waals surface area contributed by atoms with E-state index in [9.17, 15) is 8.42 Å². The van der Waals surface area contributed by atoms with Gasteiger partial charge in [0.2, 0.25) is 0 Å². The molecule has 0 bridgehead atoms. The first-order valence-electron chi connectivity index (χ1n) is 10.1. The van der Waals surface area contributed by atoms with Crippen molar-refractivity contribution in [3.8, 4) is 0 Å². The van der Waals surface area contributed by atoms with Gasteiger partial charge in [0.15, 0.2) is 5.11 Å². The number of hydrogen-bond acceptors (Lipinski definition) is 3. The Morgan fingerprint density at radius 1 is 0.839 bits per heavy atom. The molecule has 0 fully saturated rings. The summed E-state index contributed by atoms with van der Waals surface area (Å²) in [6, 6.07) is 21.9. The van der Waals surface area contributed by atoms with Gasteiger partial charge in [-0.15, -0.1) is 0 Å². The molecule has 0 saturated heterocycles. The lowest BCUT2D eigenvalue weighted by molar-refractivity contribution is 0.601. The summed E-state index contributed by atoms with van der Waals surface area (Å²) in [4.78, 5) is 0.227. The van der Waals surface area contributed by atoms with E-state index < -0.39 is 10.0 Å². The lowest BCUT2D eigenvalue weighted by Gasteiger charge is -2.13. The van der Waals surface area contributed by atoms with Crippen molar-refractivity contribution < 1.29 is 8.42 Å². The normalized spacial score (nSPS) is 12.1. The van der Waals surface area contributed by atoms with Crippen molar-refractivity contribution in [2.45, 2.75) is 38.0 Å². The van der Waals surface area contributed by atoms with Gasteiger partial charge in [0.05, 0.1) is 4.90 Å². The predicted molar refractivity (Wildman–Crippen MR) is 133 cm³/mol. The van der Waals surface area contributed by atoms with E-state index in [2.05, 4.69) is 41.3 Å². The smallest absolute Gasteiger partial charge is 0.261 e. The number of anilines is 3. The molecule has 0 aliphatic rings. The molecule has 162 valence electrons. The zero-order chi connectivity index (χ0) is 22.4. The van der Waals surface area contributed by atoms with E-state index in [0.29, 0.717) is 16.7 Å². The first-order valence-corrected chi connectivity index (χ1v) is 12.0. The molecule has 0 radical (unpaired) electrons. The molecule has 0 spiro atoms. The van der Waals surface area contributed by atoms with Gasteiger partial charge in [0.25, 0.3) is 10.0 Å². The fourth-order valence-electron chi connectivity index (χ4n) is 2.98. The molecule has 31 heavy (non-hydrogen) atoms. The van der Waals surface area contributed by atoms with Crippen LogP contribution in [0.25, 0.3) is 0 Å².